The van der Waals surface area contributed by atoms with Crippen molar-refractivity contribution in [1.82, 2.24) is 24.6 Å². The highest BCUT2D eigenvalue weighted by molar-refractivity contribution is 5.76. The molecule has 1 N–H and O–H groups in total. The SMILES string of the molecule is O=C(CCn1cnnc1)N1C[C@H](CO)C[C@H](CN2CCCC2)C1. The lowest BCUT2D eigenvalue weighted by Crippen LogP contribution is -2.47. The summed E-state index contributed by atoms with van der Waals surface area (Å²) >= 11 is 0. The Morgan fingerprint density at radius 1 is 1.13 bits per heavy atom. The second-order valence-corrected chi connectivity index (χ2v) is 6.91. The molecule has 0 saturated carbocycles. The van der Waals surface area contributed by atoms with Crippen LogP contribution in [0.15, 0.2) is 12.7 Å². The number of amides is 1. The minimum atomic E-state index is 0.170. The largest absolute Gasteiger partial charge is 0.396 e. The second-order valence-electron chi connectivity index (χ2n) is 6.91. The molecule has 0 radical (unpaired) electrons. The number of hydrogen-bond acceptors (Lipinski definition) is 5. The number of hydrogen-bond donors (Lipinski definition) is 1. The fraction of sp³-hybridized carbons (Fsp3) is 0.812. The predicted octanol–water partition coefficient (Wildman–Crippen LogP) is 0.221. The van der Waals surface area contributed by atoms with Gasteiger partial charge in [0, 0.05) is 39.2 Å². The van der Waals surface area contributed by atoms with Gasteiger partial charge in [0.15, 0.2) is 0 Å². The summed E-state index contributed by atoms with van der Waals surface area (Å²) in [6.45, 7) is 5.73. The number of aromatic nitrogens is 3. The summed E-state index contributed by atoms with van der Waals surface area (Å²) in [5.74, 6) is 0.872. The van der Waals surface area contributed by atoms with Gasteiger partial charge in [0.25, 0.3) is 0 Å². The van der Waals surface area contributed by atoms with Crippen LogP contribution in [0, 0.1) is 11.8 Å². The van der Waals surface area contributed by atoms with Gasteiger partial charge < -0.3 is 19.5 Å². The molecule has 23 heavy (non-hydrogen) atoms. The van der Waals surface area contributed by atoms with Crippen LogP contribution in [0.3, 0.4) is 0 Å². The molecular formula is C16H27N5O2. The van der Waals surface area contributed by atoms with E-state index in [0.29, 0.717) is 25.4 Å². The van der Waals surface area contributed by atoms with Crippen molar-refractivity contribution in [2.75, 3.05) is 39.3 Å². The van der Waals surface area contributed by atoms with Crippen LogP contribution < -0.4 is 0 Å². The van der Waals surface area contributed by atoms with E-state index in [9.17, 15) is 9.90 Å². The van der Waals surface area contributed by atoms with Crippen molar-refractivity contribution >= 4 is 5.91 Å². The Hall–Kier alpha value is -1.47. The minimum absolute atomic E-state index is 0.170. The van der Waals surface area contributed by atoms with E-state index >= 15 is 0 Å². The molecule has 1 amide bonds. The number of likely N-dealkylation sites (tertiary alicyclic amines) is 2. The van der Waals surface area contributed by atoms with E-state index in [2.05, 4.69) is 15.1 Å². The first kappa shape index (κ1) is 16.4. The van der Waals surface area contributed by atoms with Crippen LogP contribution in [0.1, 0.15) is 25.7 Å². The van der Waals surface area contributed by atoms with Crippen molar-refractivity contribution in [3.05, 3.63) is 12.7 Å². The lowest BCUT2D eigenvalue weighted by molar-refractivity contribution is -0.135. The van der Waals surface area contributed by atoms with Gasteiger partial charge in [-0.2, -0.15) is 0 Å². The number of carbonyl (C=O) groups is 1. The Bertz CT molecular complexity index is 487. The quantitative estimate of drug-likeness (QED) is 0.811. The van der Waals surface area contributed by atoms with Crippen LogP contribution in [-0.2, 0) is 11.3 Å². The molecule has 2 saturated heterocycles. The van der Waals surface area contributed by atoms with E-state index in [4.69, 9.17) is 0 Å². The molecule has 7 heteroatoms. The molecule has 1 aromatic heterocycles. The number of rotatable bonds is 6. The van der Waals surface area contributed by atoms with Crippen molar-refractivity contribution in [3.8, 4) is 0 Å². The smallest absolute Gasteiger partial charge is 0.224 e. The average Bonchev–Trinajstić information content (AvgIpc) is 3.25. The number of aliphatic hydroxyl groups is 1. The Morgan fingerprint density at radius 3 is 2.52 bits per heavy atom. The number of aryl methyl sites for hydroxylation is 1. The van der Waals surface area contributed by atoms with Crippen LogP contribution in [0.2, 0.25) is 0 Å². The zero-order valence-electron chi connectivity index (χ0n) is 13.7. The number of nitrogens with zero attached hydrogens (tertiary/aromatic N) is 5. The standard InChI is InChI=1S/C16H27N5O2/c22-11-15-7-14(8-19-4-1-2-5-19)9-21(10-15)16(23)3-6-20-12-17-18-13-20/h12-15,22H,1-11H2/t14-,15-/m1/s1. The minimum Gasteiger partial charge on any atom is -0.396 e. The molecule has 3 heterocycles. The molecule has 1 aromatic rings. The zero-order chi connectivity index (χ0) is 16.1. The highest BCUT2D eigenvalue weighted by Gasteiger charge is 2.30. The lowest BCUT2D eigenvalue weighted by Gasteiger charge is -2.38. The van der Waals surface area contributed by atoms with E-state index in [0.717, 1.165) is 19.5 Å². The fourth-order valence-electron chi connectivity index (χ4n) is 3.84. The first-order chi connectivity index (χ1) is 11.2. The van der Waals surface area contributed by atoms with Crippen LogP contribution in [0.5, 0.6) is 0 Å². The summed E-state index contributed by atoms with van der Waals surface area (Å²) in [5, 5.41) is 17.1. The third-order valence-corrected chi connectivity index (χ3v) is 5.00. The summed E-state index contributed by atoms with van der Waals surface area (Å²) in [6, 6.07) is 0. The molecule has 0 bridgehead atoms. The molecular weight excluding hydrogens is 294 g/mol. The zero-order valence-corrected chi connectivity index (χ0v) is 13.7. The van der Waals surface area contributed by atoms with Crippen LogP contribution in [-0.4, -0.2) is 74.9 Å². The molecule has 0 unspecified atom stereocenters. The van der Waals surface area contributed by atoms with E-state index in [1.807, 2.05) is 9.47 Å². The van der Waals surface area contributed by atoms with Crippen LogP contribution in [0.25, 0.3) is 0 Å². The molecule has 7 nitrogen and oxygen atoms in total. The van der Waals surface area contributed by atoms with Crippen molar-refractivity contribution in [3.63, 3.8) is 0 Å². The van der Waals surface area contributed by atoms with Gasteiger partial charge in [-0.1, -0.05) is 0 Å². The van der Waals surface area contributed by atoms with Crippen LogP contribution >= 0.6 is 0 Å². The highest BCUT2D eigenvalue weighted by atomic mass is 16.3. The van der Waals surface area contributed by atoms with Gasteiger partial charge in [-0.05, 0) is 44.2 Å². The Balaban J connectivity index is 1.52. The maximum absolute atomic E-state index is 12.5. The van der Waals surface area contributed by atoms with Crippen molar-refractivity contribution < 1.29 is 9.90 Å². The van der Waals surface area contributed by atoms with E-state index in [-0.39, 0.29) is 18.4 Å². The number of piperidine rings is 1. The summed E-state index contributed by atoms with van der Waals surface area (Å²) < 4.78 is 1.83. The van der Waals surface area contributed by atoms with Gasteiger partial charge in [-0.3, -0.25) is 4.79 Å². The number of aliphatic hydroxyl groups excluding tert-OH is 1. The van der Waals surface area contributed by atoms with Crippen LogP contribution in [0.4, 0.5) is 0 Å². The van der Waals surface area contributed by atoms with Gasteiger partial charge in [-0.25, -0.2) is 0 Å². The molecule has 0 aromatic carbocycles. The van der Waals surface area contributed by atoms with Gasteiger partial charge >= 0.3 is 0 Å². The Labute approximate surface area is 137 Å². The van der Waals surface area contributed by atoms with Crippen molar-refractivity contribution in [1.29, 1.82) is 0 Å². The fourth-order valence-corrected chi connectivity index (χ4v) is 3.84. The second kappa shape index (κ2) is 7.88. The van der Waals surface area contributed by atoms with Crippen molar-refractivity contribution in [2.45, 2.75) is 32.2 Å². The third-order valence-electron chi connectivity index (χ3n) is 5.00. The normalized spacial score (nSPS) is 25.9. The average molecular weight is 321 g/mol. The predicted molar refractivity (Wildman–Crippen MR) is 85.6 cm³/mol. The lowest BCUT2D eigenvalue weighted by atomic mass is 9.89. The molecule has 2 aliphatic heterocycles. The molecule has 0 spiro atoms. The maximum atomic E-state index is 12.5. The first-order valence-electron chi connectivity index (χ1n) is 8.68. The summed E-state index contributed by atoms with van der Waals surface area (Å²) in [6.07, 6.45) is 7.34. The molecule has 3 rings (SSSR count). The highest BCUT2D eigenvalue weighted by Crippen LogP contribution is 2.24. The molecule has 128 valence electrons. The molecule has 2 atom stereocenters. The Morgan fingerprint density at radius 2 is 1.83 bits per heavy atom. The summed E-state index contributed by atoms with van der Waals surface area (Å²) in [7, 11) is 0. The van der Waals surface area contributed by atoms with Gasteiger partial charge in [0.05, 0.1) is 0 Å². The third kappa shape index (κ3) is 4.51. The van der Waals surface area contributed by atoms with E-state index in [1.54, 1.807) is 12.7 Å². The first-order valence-corrected chi connectivity index (χ1v) is 8.68. The van der Waals surface area contributed by atoms with Gasteiger partial charge in [-0.15, -0.1) is 10.2 Å². The van der Waals surface area contributed by atoms with Gasteiger partial charge in [0.1, 0.15) is 12.7 Å². The van der Waals surface area contributed by atoms with Gasteiger partial charge in [0.2, 0.25) is 5.91 Å². The van der Waals surface area contributed by atoms with Crippen molar-refractivity contribution in [2.24, 2.45) is 11.8 Å². The number of carbonyl (C=O) groups excluding carboxylic acids is 1. The summed E-state index contributed by atoms with van der Waals surface area (Å²) in [5.41, 5.74) is 0. The van der Waals surface area contributed by atoms with E-state index in [1.165, 1.54) is 25.9 Å². The molecule has 2 aliphatic rings. The monoisotopic (exact) mass is 321 g/mol. The Kier molecular flexibility index (Phi) is 5.61. The molecule has 2 fully saturated rings. The maximum Gasteiger partial charge on any atom is 0.224 e. The summed E-state index contributed by atoms with van der Waals surface area (Å²) in [4.78, 5) is 17.0. The molecule has 0 aliphatic carbocycles. The topological polar surface area (TPSA) is 74.5 Å². The van der Waals surface area contributed by atoms with E-state index < -0.39 is 0 Å².